The molecule has 0 bridgehead atoms. The average molecular weight is 758 g/mol. The topological polar surface area (TPSA) is 96.3 Å². The molecule has 0 radical (unpaired) electrons. The quantitative estimate of drug-likeness (QED) is 0.0368. The van der Waals surface area contributed by atoms with Gasteiger partial charge in [0.15, 0.2) is 0 Å². The van der Waals surface area contributed by atoms with Crippen molar-refractivity contribution < 1.29 is 38.2 Å². The standard InChI is InChI=1S/C44H91N3O6/c1-8-11-14-17-20-22-25-30-43(50)52-35-28-33-46(4,5)39-41(48)37-45(32-27-24-19-16-13-10-3)38-42(49)40-47(6,7)34-29-36-53-44(51)31-26-23-21-18-15-12-9-2/h41-42,48-49H,8-40H2,1-7H3/q+2. The Labute approximate surface area is 328 Å². The summed E-state index contributed by atoms with van der Waals surface area (Å²) in [5.74, 6) is -0.181. The van der Waals surface area contributed by atoms with Crippen molar-refractivity contribution in [1.82, 2.24) is 4.90 Å². The molecule has 0 aromatic heterocycles. The molecular formula is C44H91N3O6+2. The van der Waals surface area contributed by atoms with Crippen LogP contribution in [0, 0.1) is 0 Å². The van der Waals surface area contributed by atoms with E-state index >= 15 is 0 Å². The van der Waals surface area contributed by atoms with E-state index in [1.807, 2.05) is 0 Å². The van der Waals surface area contributed by atoms with E-state index in [0.717, 1.165) is 64.6 Å². The molecule has 0 spiro atoms. The highest BCUT2D eigenvalue weighted by Gasteiger charge is 2.26. The average Bonchev–Trinajstić information content (AvgIpc) is 3.08. The van der Waals surface area contributed by atoms with Crippen LogP contribution in [0.5, 0.6) is 0 Å². The van der Waals surface area contributed by atoms with Gasteiger partial charge in [0.05, 0.1) is 54.5 Å². The number of unbranched alkanes of at least 4 members (excludes halogenated alkanes) is 17. The Morgan fingerprint density at radius 1 is 0.491 bits per heavy atom. The van der Waals surface area contributed by atoms with Crippen LogP contribution in [0.25, 0.3) is 0 Å². The first-order valence-corrected chi connectivity index (χ1v) is 22.4. The maximum Gasteiger partial charge on any atom is 0.305 e. The van der Waals surface area contributed by atoms with E-state index in [4.69, 9.17) is 9.47 Å². The Balaban J connectivity index is 4.65. The first-order chi connectivity index (χ1) is 25.3. The maximum atomic E-state index is 12.2. The summed E-state index contributed by atoms with van der Waals surface area (Å²) in [5.41, 5.74) is 0. The molecular weight excluding hydrogens is 666 g/mol. The van der Waals surface area contributed by atoms with Crippen LogP contribution in [0.4, 0.5) is 0 Å². The van der Waals surface area contributed by atoms with Crippen LogP contribution < -0.4 is 0 Å². The molecule has 9 heteroatoms. The minimum atomic E-state index is -0.518. The highest BCUT2D eigenvalue weighted by molar-refractivity contribution is 5.69. The monoisotopic (exact) mass is 758 g/mol. The summed E-state index contributed by atoms with van der Waals surface area (Å²) in [5, 5.41) is 22.5. The summed E-state index contributed by atoms with van der Waals surface area (Å²) in [6, 6.07) is 0. The number of rotatable bonds is 39. The molecule has 2 N–H and O–H groups in total. The van der Waals surface area contributed by atoms with Gasteiger partial charge in [-0.25, -0.2) is 0 Å². The molecule has 0 aliphatic carbocycles. The molecule has 2 unspecified atom stereocenters. The lowest BCUT2D eigenvalue weighted by atomic mass is 10.1. The van der Waals surface area contributed by atoms with Gasteiger partial charge >= 0.3 is 11.9 Å². The molecule has 0 saturated heterocycles. The van der Waals surface area contributed by atoms with Gasteiger partial charge in [0.1, 0.15) is 25.3 Å². The molecule has 0 aromatic carbocycles. The van der Waals surface area contributed by atoms with Gasteiger partial charge in [0.2, 0.25) is 0 Å². The third-order valence-corrected chi connectivity index (χ3v) is 10.5. The van der Waals surface area contributed by atoms with Crippen LogP contribution in [0.1, 0.15) is 175 Å². The number of aliphatic hydroxyl groups excluding tert-OH is 2. The van der Waals surface area contributed by atoms with E-state index in [2.05, 4.69) is 53.9 Å². The zero-order valence-corrected chi connectivity index (χ0v) is 36.4. The zero-order valence-electron chi connectivity index (χ0n) is 36.4. The van der Waals surface area contributed by atoms with Gasteiger partial charge in [0.25, 0.3) is 0 Å². The highest BCUT2D eigenvalue weighted by atomic mass is 16.5. The van der Waals surface area contributed by atoms with E-state index in [1.165, 1.54) is 96.3 Å². The van der Waals surface area contributed by atoms with Crippen molar-refractivity contribution in [3.05, 3.63) is 0 Å². The second kappa shape index (κ2) is 34.0. The Morgan fingerprint density at radius 3 is 1.17 bits per heavy atom. The van der Waals surface area contributed by atoms with E-state index in [-0.39, 0.29) is 11.9 Å². The summed E-state index contributed by atoms with van der Waals surface area (Å²) < 4.78 is 12.3. The van der Waals surface area contributed by atoms with Crippen molar-refractivity contribution in [1.29, 1.82) is 0 Å². The predicted molar refractivity (Wildman–Crippen MR) is 222 cm³/mol. The van der Waals surface area contributed by atoms with E-state index < -0.39 is 12.2 Å². The van der Waals surface area contributed by atoms with Crippen molar-refractivity contribution in [2.24, 2.45) is 0 Å². The summed E-state index contributed by atoms with van der Waals surface area (Å²) in [4.78, 5) is 26.6. The molecule has 0 aliphatic heterocycles. The number of aliphatic hydroxyl groups is 2. The Morgan fingerprint density at radius 2 is 0.811 bits per heavy atom. The third kappa shape index (κ3) is 34.9. The fourth-order valence-corrected chi connectivity index (χ4v) is 7.36. The number of hydrogen-bond donors (Lipinski definition) is 2. The van der Waals surface area contributed by atoms with E-state index in [0.29, 0.717) is 61.2 Å². The van der Waals surface area contributed by atoms with Gasteiger partial charge in [-0.05, 0) is 25.8 Å². The molecule has 0 aromatic rings. The first kappa shape index (κ1) is 51.7. The smallest absolute Gasteiger partial charge is 0.305 e. The zero-order chi connectivity index (χ0) is 39.6. The van der Waals surface area contributed by atoms with Crippen molar-refractivity contribution >= 4 is 11.9 Å². The number of nitrogens with zero attached hydrogens (tertiary/aromatic N) is 3. The number of carbonyl (C=O) groups excluding carboxylic acids is 2. The molecule has 0 fully saturated rings. The minimum Gasteiger partial charge on any atom is -0.465 e. The molecule has 0 aliphatic rings. The molecule has 0 heterocycles. The molecule has 0 amide bonds. The third-order valence-electron chi connectivity index (χ3n) is 10.5. The second-order valence-corrected chi connectivity index (χ2v) is 17.4. The van der Waals surface area contributed by atoms with Crippen LogP contribution in [0.2, 0.25) is 0 Å². The number of ether oxygens (including phenoxy) is 2. The highest BCUT2D eigenvalue weighted by Crippen LogP contribution is 2.13. The van der Waals surface area contributed by atoms with Crippen LogP contribution >= 0.6 is 0 Å². The van der Waals surface area contributed by atoms with E-state index in [9.17, 15) is 19.8 Å². The van der Waals surface area contributed by atoms with Gasteiger partial charge in [-0.1, -0.05) is 130 Å². The molecule has 53 heavy (non-hydrogen) atoms. The SMILES string of the molecule is CCCCCCCCCC(=O)OCCC[N+](C)(C)CC(O)CN(CCCCCCCC)CC(O)C[N+](C)(C)CCCOC(=O)CCCCCCCCC. The second-order valence-electron chi connectivity index (χ2n) is 17.4. The summed E-state index contributed by atoms with van der Waals surface area (Å²) >= 11 is 0. The van der Waals surface area contributed by atoms with Gasteiger partial charge in [-0.2, -0.15) is 0 Å². The number of carbonyl (C=O) groups is 2. The fraction of sp³-hybridized carbons (Fsp3) is 0.955. The van der Waals surface area contributed by atoms with Crippen LogP contribution in [-0.4, -0.2) is 135 Å². The number of quaternary nitrogens is 2. The number of hydrogen-bond acceptors (Lipinski definition) is 7. The Kier molecular flexibility index (Phi) is 33.2. The number of likely N-dealkylation sites (N-methyl/N-ethyl adjacent to an activating group) is 2. The van der Waals surface area contributed by atoms with Gasteiger partial charge in [-0.3, -0.25) is 14.5 Å². The molecule has 2 atom stereocenters. The summed E-state index contributed by atoms with van der Waals surface area (Å²) in [7, 11) is 8.51. The summed E-state index contributed by atoms with van der Waals surface area (Å²) in [6.45, 7) is 12.3. The predicted octanol–water partition coefficient (Wildman–Crippen LogP) is 8.67. The Hall–Kier alpha value is -1.26. The lowest BCUT2D eigenvalue weighted by molar-refractivity contribution is -0.893. The molecule has 0 saturated carbocycles. The normalized spacial score (nSPS) is 13.4. The van der Waals surface area contributed by atoms with Gasteiger partial charge < -0.3 is 28.7 Å². The van der Waals surface area contributed by atoms with Crippen molar-refractivity contribution in [2.75, 3.05) is 87.2 Å². The first-order valence-electron chi connectivity index (χ1n) is 22.4. The lowest BCUT2D eigenvalue weighted by Gasteiger charge is -2.36. The number of esters is 2. The van der Waals surface area contributed by atoms with Gasteiger partial charge in [0, 0.05) is 38.8 Å². The maximum absolute atomic E-state index is 12.2. The van der Waals surface area contributed by atoms with Crippen LogP contribution in [0.3, 0.4) is 0 Å². The van der Waals surface area contributed by atoms with Gasteiger partial charge in [-0.15, -0.1) is 0 Å². The van der Waals surface area contributed by atoms with E-state index in [1.54, 1.807) is 0 Å². The Bertz CT molecular complexity index is 795. The van der Waals surface area contributed by atoms with Crippen molar-refractivity contribution in [3.8, 4) is 0 Å². The molecule has 316 valence electrons. The molecule has 0 rings (SSSR count). The largest absolute Gasteiger partial charge is 0.465 e. The molecule has 9 nitrogen and oxygen atoms in total. The van der Waals surface area contributed by atoms with Crippen molar-refractivity contribution in [2.45, 2.75) is 187 Å². The van der Waals surface area contributed by atoms with Crippen LogP contribution in [-0.2, 0) is 19.1 Å². The fourth-order valence-electron chi connectivity index (χ4n) is 7.36. The van der Waals surface area contributed by atoms with Crippen molar-refractivity contribution in [3.63, 3.8) is 0 Å². The summed E-state index contributed by atoms with van der Waals surface area (Å²) in [6.07, 6.45) is 25.4. The lowest BCUT2D eigenvalue weighted by Crippen LogP contribution is -2.52. The van der Waals surface area contributed by atoms with Crippen LogP contribution in [0.15, 0.2) is 0 Å². The minimum absolute atomic E-state index is 0.0906.